The number of nitrogens with one attached hydrogen (secondary N) is 2. The van der Waals surface area contributed by atoms with E-state index in [0.29, 0.717) is 0 Å². The summed E-state index contributed by atoms with van der Waals surface area (Å²) in [6, 6.07) is 7.67. The molecule has 0 saturated carbocycles. The van der Waals surface area contributed by atoms with Gasteiger partial charge in [0.05, 0.1) is 6.10 Å². The second kappa shape index (κ2) is 8.85. The number of benzene rings is 1. The number of nitrogens with zero attached hydrogens (tertiary/aromatic N) is 1. The molecule has 1 fully saturated rings. The van der Waals surface area contributed by atoms with Crippen molar-refractivity contribution in [3.8, 4) is 0 Å². The average molecular weight is 331 g/mol. The minimum absolute atomic E-state index is 0.197. The summed E-state index contributed by atoms with van der Waals surface area (Å²) >= 11 is 0. The molecule has 3 N–H and O–H groups in total. The van der Waals surface area contributed by atoms with Crippen molar-refractivity contribution in [1.82, 2.24) is 15.5 Å². The maximum absolute atomic E-state index is 12.0. The van der Waals surface area contributed by atoms with Gasteiger partial charge < -0.3 is 15.7 Å². The zero-order valence-corrected chi connectivity index (χ0v) is 14.7. The average Bonchev–Trinajstić information content (AvgIpc) is 2.54. The van der Waals surface area contributed by atoms with Gasteiger partial charge in [-0.05, 0) is 32.3 Å². The summed E-state index contributed by atoms with van der Waals surface area (Å²) in [7, 11) is 0. The quantitative estimate of drug-likeness (QED) is 0.701. The lowest BCUT2D eigenvalue weighted by molar-refractivity contribution is 0.169. The molecule has 0 radical (unpaired) electrons. The van der Waals surface area contributed by atoms with E-state index in [1.54, 1.807) is 0 Å². The smallest absolute Gasteiger partial charge is 0.315 e. The van der Waals surface area contributed by atoms with Crippen LogP contribution >= 0.6 is 0 Å². The maximum atomic E-state index is 12.0. The number of hydrogen-bond donors (Lipinski definition) is 3. The maximum Gasteiger partial charge on any atom is 0.315 e. The van der Waals surface area contributed by atoms with Crippen molar-refractivity contribution in [2.24, 2.45) is 0 Å². The van der Waals surface area contributed by atoms with Crippen molar-refractivity contribution in [3.63, 3.8) is 0 Å². The van der Waals surface area contributed by atoms with E-state index in [1.165, 1.54) is 5.57 Å². The van der Waals surface area contributed by atoms with Crippen molar-refractivity contribution in [3.05, 3.63) is 47.5 Å². The normalized spacial score (nSPS) is 17.3. The van der Waals surface area contributed by atoms with E-state index in [4.69, 9.17) is 0 Å². The Balaban J connectivity index is 1.68. The molecule has 0 spiro atoms. The molecular weight excluding hydrogens is 302 g/mol. The Labute approximate surface area is 144 Å². The van der Waals surface area contributed by atoms with E-state index in [0.717, 1.165) is 43.6 Å². The number of urea groups is 1. The van der Waals surface area contributed by atoms with Crippen molar-refractivity contribution < 1.29 is 9.90 Å². The van der Waals surface area contributed by atoms with Gasteiger partial charge in [-0.15, -0.1) is 0 Å². The molecule has 1 heterocycles. The Morgan fingerprint density at radius 2 is 1.96 bits per heavy atom. The summed E-state index contributed by atoms with van der Waals surface area (Å²) in [5, 5.41) is 15.9. The largest absolute Gasteiger partial charge is 0.387 e. The first-order valence-electron chi connectivity index (χ1n) is 8.60. The molecule has 2 rings (SSSR count). The monoisotopic (exact) mass is 331 g/mol. The highest BCUT2D eigenvalue weighted by Crippen LogP contribution is 2.13. The molecule has 0 aliphatic carbocycles. The molecular formula is C19H29N3O2. The van der Waals surface area contributed by atoms with Crippen molar-refractivity contribution in [2.75, 3.05) is 26.2 Å². The predicted octanol–water partition coefficient (Wildman–Crippen LogP) is 2.37. The van der Waals surface area contributed by atoms with Gasteiger partial charge in [-0.3, -0.25) is 4.90 Å². The Morgan fingerprint density at radius 1 is 1.33 bits per heavy atom. The zero-order valence-electron chi connectivity index (χ0n) is 14.7. The summed E-state index contributed by atoms with van der Waals surface area (Å²) in [6.45, 7) is 11.1. The molecule has 1 aromatic carbocycles. The third kappa shape index (κ3) is 5.98. The van der Waals surface area contributed by atoms with E-state index >= 15 is 0 Å². The van der Waals surface area contributed by atoms with Crippen LogP contribution in [0.5, 0.6) is 0 Å². The summed E-state index contributed by atoms with van der Waals surface area (Å²) in [4.78, 5) is 14.4. The Hall–Kier alpha value is -1.85. The molecule has 0 aromatic heterocycles. The van der Waals surface area contributed by atoms with Gasteiger partial charge in [0.25, 0.3) is 0 Å². The van der Waals surface area contributed by atoms with E-state index < -0.39 is 6.10 Å². The molecule has 5 nitrogen and oxygen atoms in total. The lowest BCUT2D eigenvalue weighted by Gasteiger charge is -2.32. The number of aliphatic hydroxyl groups excluding tert-OH is 1. The van der Waals surface area contributed by atoms with Gasteiger partial charge in [-0.25, -0.2) is 4.79 Å². The van der Waals surface area contributed by atoms with Crippen molar-refractivity contribution in [2.45, 2.75) is 38.8 Å². The van der Waals surface area contributed by atoms with Crippen LogP contribution in [0.3, 0.4) is 0 Å². The minimum atomic E-state index is -0.686. The number of amides is 2. The molecule has 1 aromatic rings. The third-order valence-corrected chi connectivity index (χ3v) is 4.33. The third-order valence-electron chi connectivity index (χ3n) is 4.33. The first-order chi connectivity index (χ1) is 11.4. The molecule has 0 unspecified atom stereocenters. The first-order valence-corrected chi connectivity index (χ1v) is 8.60. The number of hydrogen-bond acceptors (Lipinski definition) is 3. The summed E-state index contributed by atoms with van der Waals surface area (Å²) in [5.74, 6) is 0. The van der Waals surface area contributed by atoms with Crippen LogP contribution in [0.1, 0.15) is 37.0 Å². The van der Waals surface area contributed by atoms with Crippen LogP contribution in [0.2, 0.25) is 0 Å². The van der Waals surface area contributed by atoms with Crippen LogP contribution in [-0.2, 0) is 0 Å². The van der Waals surface area contributed by atoms with Crippen LogP contribution in [0, 0.1) is 6.92 Å². The number of rotatable bonds is 6. The van der Waals surface area contributed by atoms with Gasteiger partial charge in [0.2, 0.25) is 0 Å². The van der Waals surface area contributed by atoms with E-state index in [2.05, 4.69) is 22.1 Å². The molecule has 2 amide bonds. The molecule has 132 valence electrons. The van der Waals surface area contributed by atoms with Crippen LogP contribution in [-0.4, -0.2) is 48.3 Å². The summed E-state index contributed by atoms with van der Waals surface area (Å²) < 4.78 is 0. The fraction of sp³-hybridized carbons (Fsp3) is 0.526. The van der Waals surface area contributed by atoms with Gasteiger partial charge in [-0.1, -0.05) is 42.0 Å². The van der Waals surface area contributed by atoms with Gasteiger partial charge in [0.1, 0.15) is 0 Å². The summed E-state index contributed by atoms with van der Waals surface area (Å²) in [5.41, 5.74) is 3.13. The Kier molecular flexibility index (Phi) is 6.82. The predicted molar refractivity (Wildman–Crippen MR) is 96.9 cm³/mol. The molecule has 0 bridgehead atoms. The van der Waals surface area contributed by atoms with Crippen LogP contribution in [0.4, 0.5) is 4.79 Å². The van der Waals surface area contributed by atoms with Gasteiger partial charge in [0.15, 0.2) is 0 Å². The molecule has 1 atom stereocenters. The topological polar surface area (TPSA) is 64.6 Å². The lowest BCUT2D eigenvalue weighted by Crippen LogP contribution is -2.48. The first kappa shape index (κ1) is 18.5. The molecule has 1 aliphatic rings. The number of aliphatic hydroxyl groups is 1. The van der Waals surface area contributed by atoms with Crippen LogP contribution in [0.25, 0.3) is 0 Å². The number of aryl methyl sites for hydroxylation is 1. The molecule has 24 heavy (non-hydrogen) atoms. The summed E-state index contributed by atoms with van der Waals surface area (Å²) in [6.07, 6.45) is 1.20. The number of piperidine rings is 1. The van der Waals surface area contributed by atoms with Crippen LogP contribution < -0.4 is 10.6 Å². The Morgan fingerprint density at radius 3 is 2.54 bits per heavy atom. The van der Waals surface area contributed by atoms with Crippen LogP contribution in [0.15, 0.2) is 36.4 Å². The minimum Gasteiger partial charge on any atom is -0.387 e. The van der Waals surface area contributed by atoms with E-state index in [9.17, 15) is 9.90 Å². The fourth-order valence-corrected chi connectivity index (χ4v) is 2.95. The second-order valence-electron chi connectivity index (χ2n) is 6.79. The highest BCUT2D eigenvalue weighted by atomic mass is 16.3. The number of likely N-dealkylation sites (tertiary alicyclic amines) is 1. The number of carbonyl (C=O) groups excluding carboxylic acids is 1. The highest BCUT2D eigenvalue weighted by Gasteiger charge is 2.20. The molecule has 1 saturated heterocycles. The highest BCUT2D eigenvalue weighted by molar-refractivity contribution is 5.74. The lowest BCUT2D eigenvalue weighted by atomic mass is 10.0. The van der Waals surface area contributed by atoms with Gasteiger partial charge in [-0.2, -0.15) is 0 Å². The molecule has 1 aliphatic heterocycles. The van der Waals surface area contributed by atoms with E-state index in [-0.39, 0.29) is 18.6 Å². The second-order valence-corrected chi connectivity index (χ2v) is 6.79. The Bertz CT molecular complexity index is 548. The number of carbonyl (C=O) groups is 1. The van der Waals surface area contributed by atoms with Gasteiger partial charge in [0, 0.05) is 32.2 Å². The van der Waals surface area contributed by atoms with Crippen molar-refractivity contribution in [1.29, 1.82) is 0 Å². The molecule has 5 heteroatoms. The van der Waals surface area contributed by atoms with Gasteiger partial charge >= 0.3 is 6.03 Å². The SMILES string of the molecule is C=C(C)CN1CCC(NC(=O)NC[C@H](O)c2ccc(C)cc2)CC1. The standard InChI is InChI=1S/C19H29N3O2/c1-14(2)13-22-10-8-17(9-11-22)21-19(24)20-12-18(23)16-6-4-15(3)5-7-16/h4-7,17-18,23H,1,8-13H2,2-3H3,(H2,20,21,24)/t18-/m0/s1. The van der Waals surface area contributed by atoms with E-state index in [1.807, 2.05) is 38.1 Å². The fourth-order valence-electron chi connectivity index (χ4n) is 2.95. The van der Waals surface area contributed by atoms with Crippen molar-refractivity contribution >= 4 is 6.03 Å². The zero-order chi connectivity index (χ0) is 17.5.